The summed E-state index contributed by atoms with van der Waals surface area (Å²) in [5, 5.41) is 6.91. The van der Waals surface area contributed by atoms with Crippen LogP contribution in [0, 0.1) is 0 Å². The van der Waals surface area contributed by atoms with Crippen LogP contribution in [0.25, 0.3) is 11.2 Å². The molecule has 1 saturated heterocycles. The van der Waals surface area contributed by atoms with Crippen LogP contribution in [0.5, 0.6) is 0 Å². The second-order valence-electron chi connectivity index (χ2n) is 9.36. The Kier molecular flexibility index (Phi) is 5.75. The van der Waals surface area contributed by atoms with Crippen LogP contribution in [-0.4, -0.2) is 32.6 Å². The minimum absolute atomic E-state index is 0.405. The molecule has 1 aliphatic heterocycles. The number of aromatic nitrogens is 4. The maximum Gasteiger partial charge on any atom is 0.229 e. The summed E-state index contributed by atoms with van der Waals surface area (Å²) in [5.41, 5.74) is 5.01. The first kappa shape index (κ1) is 21.0. The number of fused-ring (bicyclic) bond motifs is 1. The van der Waals surface area contributed by atoms with Gasteiger partial charge in [0, 0.05) is 36.2 Å². The van der Waals surface area contributed by atoms with Crippen LogP contribution < -0.4 is 15.5 Å². The van der Waals surface area contributed by atoms with E-state index in [2.05, 4.69) is 61.5 Å². The van der Waals surface area contributed by atoms with E-state index in [1.54, 1.807) is 0 Å². The lowest BCUT2D eigenvalue weighted by Gasteiger charge is -2.28. The smallest absolute Gasteiger partial charge is 0.229 e. The normalized spacial score (nSPS) is 16.8. The fourth-order valence-electron chi connectivity index (χ4n) is 5.24. The molecule has 174 valence electrons. The number of imidazole rings is 1. The highest BCUT2D eigenvalue weighted by Gasteiger charge is 2.24. The van der Waals surface area contributed by atoms with Crippen molar-refractivity contribution in [3.63, 3.8) is 0 Å². The van der Waals surface area contributed by atoms with E-state index in [-0.39, 0.29) is 0 Å². The van der Waals surface area contributed by atoms with E-state index < -0.39 is 0 Å². The fourth-order valence-corrected chi connectivity index (χ4v) is 5.24. The third-order valence-electron chi connectivity index (χ3n) is 7.00. The number of nitrogens with zero attached hydrogens (tertiary/aromatic N) is 5. The minimum Gasteiger partial charge on any atom is -0.372 e. The fraction of sp³-hybridized carbons (Fsp3) is 0.370. The van der Waals surface area contributed by atoms with Gasteiger partial charge in [0.05, 0.1) is 6.20 Å². The van der Waals surface area contributed by atoms with E-state index in [0.29, 0.717) is 12.0 Å². The monoisotopic (exact) mass is 453 g/mol. The Morgan fingerprint density at radius 1 is 0.735 bits per heavy atom. The van der Waals surface area contributed by atoms with Crippen molar-refractivity contribution in [3.05, 3.63) is 60.8 Å². The molecule has 3 heterocycles. The minimum atomic E-state index is 0.405. The highest BCUT2D eigenvalue weighted by atomic mass is 15.3. The molecule has 4 aromatic rings. The SMILES string of the molecule is c1ccc(Nc2nc3cnc(Nc4ccc(N5CCCCC5)cc4)nc3n2C2CCCC2)cc1. The van der Waals surface area contributed by atoms with Gasteiger partial charge in [0.25, 0.3) is 0 Å². The Bertz CT molecular complexity index is 1240. The van der Waals surface area contributed by atoms with Gasteiger partial charge in [-0.1, -0.05) is 31.0 Å². The van der Waals surface area contributed by atoms with Gasteiger partial charge in [-0.3, -0.25) is 4.57 Å². The molecule has 0 atom stereocenters. The molecular formula is C27H31N7. The third-order valence-corrected chi connectivity index (χ3v) is 7.00. The van der Waals surface area contributed by atoms with Crippen molar-refractivity contribution < 1.29 is 0 Å². The summed E-state index contributed by atoms with van der Waals surface area (Å²) < 4.78 is 2.28. The average Bonchev–Trinajstić information content (AvgIpc) is 3.53. The van der Waals surface area contributed by atoms with Crippen LogP contribution in [0.3, 0.4) is 0 Å². The zero-order valence-electron chi connectivity index (χ0n) is 19.5. The Hall–Kier alpha value is -3.61. The molecule has 1 saturated carbocycles. The second kappa shape index (κ2) is 9.33. The standard InChI is InChI=1S/C27H31N7/c1-3-9-20(10-4-1)30-27-31-24-19-28-26(32-25(24)34(27)23-11-5-6-12-23)29-21-13-15-22(16-14-21)33-17-7-2-8-18-33/h1,3-4,9-10,13-16,19,23H,2,5-8,11-12,17-18H2,(H,30,31)(H,28,29,32). The molecule has 2 fully saturated rings. The predicted molar refractivity (Wildman–Crippen MR) is 138 cm³/mol. The van der Waals surface area contributed by atoms with Crippen LogP contribution in [0.2, 0.25) is 0 Å². The summed E-state index contributed by atoms with van der Waals surface area (Å²) in [6.07, 6.45) is 10.5. The van der Waals surface area contributed by atoms with Crippen molar-refractivity contribution in [2.24, 2.45) is 0 Å². The van der Waals surface area contributed by atoms with E-state index in [1.165, 1.54) is 37.8 Å². The van der Waals surface area contributed by atoms with Gasteiger partial charge in [0.2, 0.25) is 11.9 Å². The molecule has 2 aromatic carbocycles. The van der Waals surface area contributed by atoms with Gasteiger partial charge in [-0.15, -0.1) is 0 Å². The summed E-state index contributed by atoms with van der Waals surface area (Å²) in [7, 11) is 0. The first-order valence-corrected chi connectivity index (χ1v) is 12.5. The molecule has 2 aromatic heterocycles. The van der Waals surface area contributed by atoms with Gasteiger partial charge in [-0.2, -0.15) is 4.98 Å². The third kappa shape index (κ3) is 4.30. The Morgan fingerprint density at radius 3 is 2.24 bits per heavy atom. The quantitative estimate of drug-likeness (QED) is 0.351. The van der Waals surface area contributed by atoms with Gasteiger partial charge in [-0.05, 0) is 68.5 Å². The lowest BCUT2D eigenvalue weighted by Crippen LogP contribution is -2.29. The predicted octanol–water partition coefficient (Wildman–Crippen LogP) is 6.42. The summed E-state index contributed by atoms with van der Waals surface area (Å²) in [6.45, 7) is 2.30. The lowest BCUT2D eigenvalue weighted by molar-refractivity contribution is 0.535. The van der Waals surface area contributed by atoms with Crippen molar-refractivity contribution in [1.29, 1.82) is 0 Å². The molecule has 2 aliphatic rings. The maximum absolute atomic E-state index is 4.92. The first-order chi connectivity index (χ1) is 16.8. The molecule has 0 unspecified atom stereocenters. The van der Waals surface area contributed by atoms with Crippen LogP contribution >= 0.6 is 0 Å². The van der Waals surface area contributed by atoms with E-state index in [9.17, 15) is 0 Å². The number of anilines is 5. The topological polar surface area (TPSA) is 70.9 Å². The molecule has 0 amide bonds. The van der Waals surface area contributed by atoms with E-state index in [1.807, 2.05) is 24.4 Å². The van der Waals surface area contributed by atoms with E-state index >= 15 is 0 Å². The molecule has 7 nitrogen and oxygen atoms in total. The first-order valence-electron chi connectivity index (χ1n) is 12.5. The average molecular weight is 454 g/mol. The molecule has 34 heavy (non-hydrogen) atoms. The number of hydrogen-bond donors (Lipinski definition) is 2. The Morgan fingerprint density at radius 2 is 1.47 bits per heavy atom. The molecule has 1 aliphatic carbocycles. The van der Waals surface area contributed by atoms with Gasteiger partial charge in [0.15, 0.2) is 5.65 Å². The lowest BCUT2D eigenvalue weighted by atomic mass is 10.1. The summed E-state index contributed by atoms with van der Waals surface area (Å²) >= 11 is 0. The van der Waals surface area contributed by atoms with Gasteiger partial charge in [-0.25, -0.2) is 9.97 Å². The summed E-state index contributed by atoms with van der Waals surface area (Å²) in [4.78, 5) is 16.8. The second-order valence-corrected chi connectivity index (χ2v) is 9.36. The zero-order valence-corrected chi connectivity index (χ0v) is 19.5. The van der Waals surface area contributed by atoms with Gasteiger partial charge in [0.1, 0.15) is 5.52 Å². The molecular weight excluding hydrogens is 422 g/mol. The molecule has 0 radical (unpaired) electrons. The van der Waals surface area contributed by atoms with Crippen molar-refractivity contribution >= 4 is 40.1 Å². The summed E-state index contributed by atoms with van der Waals surface area (Å²) in [5.74, 6) is 1.44. The number of para-hydroxylation sites is 1. The van der Waals surface area contributed by atoms with E-state index in [4.69, 9.17) is 9.97 Å². The Labute approximate surface area is 200 Å². The van der Waals surface area contributed by atoms with Gasteiger partial charge < -0.3 is 15.5 Å². The molecule has 2 N–H and O–H groups in total. The van der Waals surface area contributed by atoms with Crippen LogP contribution in [0.1, 0.15) is 51.0 Å². The molecule has 0 bridgehead atoms. The maximum atomic E-state index is 4.92. The van der Waals surface area contributed by atoms with Crippen LogP contribution in [-0.2, 0) is 0 Å². The van der Waals surface area contributed by atoms with Crippen molar-refractivity contribution in [3.8, 4) is 0 Å². The number of piperidine rings is 1. The van der Waals surface area contributed by atoms with Crippen molar-refractivity contribution in [2.45, 2.75) is 51.0 Å². The molecule has 6 rings (SSSR count). The number of rotatable bonds is 6. The Balaban J connectivity index is 1.28. The highest BCUT2D eigenvalue weighted by Crippen LogP contribution is 2.36. The number of benzene rings is 2. The number of hydrogen-bond acceptors (Lipinski definition) is 6. The van der Waals surface area contributed by atoms with E-state index in [0.717, 1.165) is 54.4 Å². The molecule has 7 heteroatoms. The van der Waals surface area contributed by atoms with Crippen LogP contribution in [0.15, 0.2) is 60.8 Å². The van der Waals surface area contributed by atoms with Gasteiger partial charge >= 0.3 is 0 Å². The highest BCUT2D eigenvalue weighted by molar-refractivity contribution is 5.77. The van der Waals surface area contributed by atoms with Crippen LogP contribution in [0.4, 0.5) is 29.0 Å². The number of nitrogens with one attached hydrogen (secondary N) is 2. The zero-order chi connectivity index (χ0) is 22.7. The van der Waals surface area contributed by atoms with Crippen molar-refractivity contribution in [1.82, 2.24) is 19.5 Å². The molecule has 0 spiro atoms. The van der Waals surface area contributed by atoms with Crippen molar-refractivity contribution in [2.75, 3.05) is 28.6 Å². The summed E-state index contributed by atoms with van der Waals surface area (Å²) in [6, 6.07) is 19.2. The largest absolute Gasteiger partial charge is 0.372 e.